The summed E-state index contributed by atoms with van der Waals surface area (Å²) in [5, 5.41) is 25.1. The van der Waals surface area contributed by atoms with Crippen LogP contribution in [-0.4, -0.2) is 37.7 Å². The highest BCUT2D eigenvalue weighted by Gasteiger charge is 2.15. The molecule has 8 heteroatoms. The van der Waals surface area contributed by atoms with Gasteiger partial charge in [0, 0.05) is 6.20 Å². The van der Waals surface area contributed by atoms with E-state index in [4.69, 9.17) is 15.8 Å². The number of nitrogens with two attached hydrogens (primary N) is 1. The summed E-state index contributed by atoms with van der Waals surface area (Å²) in [6.45, 7) is 0. The van der Waals surface area contributed by atoms with Gasteiger partial charge in [0.25, 0.3) is 5.91 Å². The third kappa shape index (κ3) is 1.56. The second kappa shape index (κ2) is 3.33. The number of pyridine rings is 1. The fourth-order valence-electron chi connectivity index (χ4n) is 1.23. The SMILES string of the molecule is NC(=O)c1nnc2ccc(B(O)O)cn12. The zero-order valence-electron chi connectivity index (χ0n) is 7.53. The summed E-state index contributed by atoms with van der Waals surface area (Å²) in [5.74, 6) is -0.778. The highest BCUT2D eigenvalue weighted by atomic mass is 16.4. The summed E-state index contributed by atoms with van der Waals surface area (Å²) >= 11 is 0. The van der Waals surface area contributed by atoms with Crippen LogP contribution < -0.4 is 11.2 Å². The van der Waals surface area contributed by atoms with Crippen molar-refractivity contribution in [2.24, 2.45) is 5.73 Å². The van der Waals surface area contributed by atoms with E-state index < -0.39 is 13.0 Å². The van der Waals surface area contributed by atoms with Crippen LogP contribution in [0.3, 0.4) is 0 Å². The molecule has 0 radical (unpaired) electrons. The second-order valence-corrected chi connectivity index (χ2v) is 2.95. The Bertz CT molecular complexity index is 524. The molecule has 0 saturated heterocycles. The Balaban J connectivity index is 2.66. The third-order valence-electron chi connectivity index (χ3n) is 1.94. The lowest BCUT2D eigenvalue weighted by Gasteiger charge is -2.00. The van der Waals surface area contributed by atoms with Crippen LogP contribution in [0.4, 0.5) is 0 Å². The molecule has 0 aliphatic rings. The van der Waals surface area contributed by atoms with Gasteiger partial charge in [0.2, 0.25) is 5.82 Å². The maximum atomic E-state index is 10.9. The zero-order valence-corrected chi connectivity index (χ0v) is 7.53. The Kier molecular flexibility index (Phi) is 2.14. The first-order chi connectivity index (χ1) is 7.09. The third-order valence-corrected chi connectivity index (χ3v) is 1.94. The number of nitrogens with zero attached hydrogens (tertiary/aromatic N) is 3. The van der Waals surface area contributed by atoms with Gasteiger partial charge >= 0.3 is 7.12 Å². The van der Waals surface area contributed by atoms with Crippen molar-refractivity contribution in [1.82, 2.24) is 14.6 Å². The normalized spacial score (nSPS) is 10.5. The van der Waals surface area contributed by atoms with E-state index in [9.17, 15) is 4.79 Å². The molecule has 15 heavy (non-hydrogen) atoms. The molecule has 0 bridgehead atoms. The molecular formula is C7H7BN4O3. The lowest BCUT2D eigenvalue weighted by Crippen LogP contribution is -2.31. The van der Waals surface area contributed by atoms with E-state index in [-0.39, 0.29) is 11.3 Å². The molecule has 0 saturated carbocycles. The van der Waals surface area contributed by atoms with Gasteiger partial charge in [0.15, 0.2) is 5.65 Å². The number of rotatable bonds is 2. The number of carbonyl (C=O) groups excluding carboxylic acids is 1. The number of carbonyl (C=O) groups is 1. The first-order valence-corrected chi connectivity index (χ1v) is 4.10. The number of hydrogen-bond donors (Lipinski definition) is 3. The van der Waals surface area contributed by atoms with Crippen LogP contribution in [0.5, 0.6) is 0 Å². The Labute approximate surface area is 84.3 Å². The molecule has 7 nitrogen and oxygen atoms in total. The molecule has 0 atom stereocenters. The molecule has 1 amide bonds. The Morgan fingerprint density at radius 2 is 2.13 bits per heavy atom. The van der Waals surface area contributed by atoms with E-state index in [1.807, 2.05) is 0 Å². The number of primary amides is 1. The highest BCUT2D eigenvalue weighted by Crippen LogP contribution is 2.00. The lowest BCUT2D eigenvalue weighted by atomic mass is 9.82. The van der Waals surface area contributed by atoms with Crippen LogP contribution >= 0.6 is 0 Å². The van der Waals surface area contributed by atoms with Crippen LogP contribution in [-0.2, 0) is 0 Å². The number of aromatic nitrogens is 3. The van der Waals surface area contributed by atoms with E-state index >= 15 is 0 Å². The smallest absolute Gasteiger partial charge is 0.423 e. The molecule has 2 aromatic rings. The Morgan fingerprint density at radius 1 is 1.40 bits per heavy atom. The minimum absolute atomic E-state index is 0.0486. The average molecular weight is 206 g/mol. The van der Waals surface area contributed by atoms with Crippen LogP contribution in [0, 0.1) is 0 Å². The van der Waals surface area contributed by atoms with Gasteiger partial charge in [0.05, 0.1) is 0 Å². The van der Waals surface area contributed by atoms with Crippen molar-refractivity contribution in [3.8, 4) is 0 Å². The van der Waals surface area contributed by atoms with E-state index in [2.05, 4.69) is 10.2 Å². The summed E-state index contributed by atoms with van der Waals surface area (Å²) in [5.41, 5.74) is 5.70. The van der Waals surface area contributed by atoms with Gasteiger partial charge in [-0.2, -0.15) is 0 Å². The fourth-order valence-corrected chi connectivity index (χ4v) is 1.23. The zero-order chi connectivity index (χ0) is 11.0. The van der Waals surface area contributed by atoms with Crippen molar-refractivity contribution in [2.45, 2.75) is 0 Å². The largest absolute Gasteiger partial charge is 0.489 e. The standard InChI is InChI=1S/C7H7BN4O3/c9-6(13)7-11-10-5-2-1-4(8(14)15)3-12(5)7/h1-3,14-15H,(H2,9,13). The maximum Gasteiger partial charge on any atom is 0.489 e. The summed E-state index contributed by atoms with van der Waals surface area (Å²) in [7, 11) is -1.61. The maximum absolute atomic E-state index is 10.9. The molecule has 0 aliphatic heterocycles. The van der Waals surface area contributed by atoms with Gasteiger partial charge in [-0.25, -0.2) is 0 Å². The average Bonchev–Trinajstić information content (AvgIpc) is 2.59. The quantitative estimate of drug-likeness (QED) is 0.470. The van der Waals surface area contributed by atoms with Crippen molar-refractivity contribution in [1.29, 1.82) is 0 Å². The summed E-state index contributed by atoms with van der Waals surface area (Å²) in [6, 6.07) is 2.98. The predicted octanol–water partition coefficient (Wildman–Crippen LogP) is -2.49. The monoisotopic (exact) mass is 206 g/mol. The minimum atomic E-state index is -1.61. The Hall–Kier alpha value is -1.93. The first-order valence-electron chi connectivity index (χ1n) is 4.10. The molecule has 0 unspecified atom stereocenters. The number of hydrogen-bond acceptors (Lipinski definition) is 5. The van der Waals surface area contributed by atoms with Crippen LogP contribution in [0.25, 0.3) is 5.65 Å². The molecule has 0 aromatic carbocycles. The van der Waals surface area contributed by atoms with Crippen molar-refractivity contribution in [2.75, 3.05) is 0 Å². The molecule has 0 spiro atoms. The van der Waals surface area contributed by atoms with E-state index in [0.29, 0.717) is 5.65 Å². The number of fused-ring (bicyclic) bond motifs is 1. The summed E-state index contributed by atoms with van der Waals surface area (Å²) in [6.07, 6.45) is 1.35. The molecule has 2 rings (SSSR count). The molecule has 0 fully saturated rings. The minimum Gasteiger partial charge on any atom is -0.423 e. The second-order valence-electron chi connectivity index (χ2n) is 2.95. The molecule has 4 N–H and O–H groups in total. The van der Waals surface area contributed by atoms with E-state index in [1.165, 1.54) is 22.7 Å². The first kappa shape index (κ1) is 9.62. The van der Waals surface area contributed by atoms with Crippen molar-refractivity contribution in [3.63, 3.8) is 0 Å². The van der Waals surface area contributed by atoms with Gasteiger partial charge in [0.1, 0.15) is 0 Å². The van der Waals surface area contributed by atoms with Crippen LogP contribution in [0.15, 0.2) is 18.3 Å². The van der Waals surface area contributed by atoms with Crippen LogP contribution in [0.2, 0.25) is 0 Å². The van der Waals surface area contributed by atoms with Crippen molar-refractivity contribution in [3.05, 3.63) is 24.2 Å². The highest BCUT2D eigenvalue weighted by molar-refractivity contribution is 6.58. The number of amides is 1. The molecule has 0 aliphatic carbocycles. The van der Waals surface area contributed by atoms with Gasteiger partial charge in [-0.3, -0.25) is 9.20 Å². The van der Waals surface area contributed by atoms with Crippen molar-refractivity contribution < 1.29 is 14.8 Å². The fraction of sp³-hybridized carbons (Fsp3) is 0. The van der Waals surface area contributed by atoms with E-state index in [1.54, 1.807) is 0 Å². The predicted molar refractivity (Wildman–Crippen MR) is 51.3 cm³/mol. The Morgan fingerprint density at radius 3 is 2.73 bits per heavy atom. The summed E-state index contributed by atoms with van der Waals surface area (Å²) in [4.78, 5) is 10.9. The molecule has 2 heterocycles. The van der Waals surface area contributed by atoms with Gasteiger partial charge in [-0.05, 0) is 11.5 Å². The van der Waals surface area contributed by atoms with Crippen molar-refractivity contribution >= 4 is 24.1 Å². The topological polar surface area (TPSA) is 114 Å². The van der Waals surface area contributed by atoms with E-state index in [0.717, 1.165) is 0 Å². The molecule has 2 aromatic heterocycles. The lowest BCUT2D eigenvalue weighted by molar-refractivity contribution is 0.0989. The molecular weight excluding hydrogens is 199 g/mol. The van der Waals surface area contributed by atoms with Gasteiger partial charge in [-0.15, -0.1) is 10.2 Å². The summed E-state index contributed by atoms with van der Waals surface area (Å²) < 4.78 is 1.30. The van der Waals surface area contributed by atoms with Gasteiger partial charge in [-0.1, -0.05) is 6.07 Å². The van der Waals surface area contributed by atoms with Gasteiger partial charge < -0.3 is 15.8 Å². The molecule has 76 valence electrons. The van der Waals surface area contributed by atoms with Crippen LogP contribution in [0.1, 0.15) is 10.6 Å².